The van der Waals surface area contributed by atoms with Gasteiger partial charge in [0.2, 0.25) is 0 Å². The Morgan fingerprint density at radius 3 is 2.42 bits per heavy atom. The SMILES string of the molecule is O=[N+]([O-])c1csc(S(=O)(=O)O)c1. The van der Waals surface area contributed by atoms with Crippen LogP contribution in [0.5, 0.6) is 0 Å². The van der Waals surface area contributed by atoms with Crippen LogP contribution in [0.15, 0.2) is 15.7 Å². The predicted octanol–water partition coefficient (Wildman–Crippen LogP) is 0.903. The van der Waals surface area contributed by atoms with Gasteiger partial charge in [0, 0.05) is 6.07 Å². The van der Waals surface area contributed by atoms with E-state index >= 15 is 0 Å². The molecule has 0 aliphatic rings. The summed E-state index contributed by atoms with van der Waals surface area (Å²) in [5.41, 5.74) is -0.340. The second-order valence-electron chi connectivity index (χ2n) is 1.86. The second-order valence-corrected chi connectivity index (χ2v) is 4.42. The van der Waals surface area contributed by atoms with Gasteiger partial charge in [0.25, 0.3) is 5.69 Å². The molecule has 0 spiro atoms. The largest absolute Gasteiger partial charge is 0.304 e. The summed E-state index contributed by atoms with van der Waals surface area (Å²) in [6.45, 7) is 0. The van der Waals surface area contributed by atoms with Crippen LogP contribution in [0.25, 0.3) is 0 Å². The van der Waals surface area contributed by atoms with Crippen molar-refractivity contribution in [2.45, 2.75) is 4.21 Å². The zero-order chi connectivity index (χ0) is 9.35. The summed E-state index contributed by atoms with van der Waals surface area (Å²) in [6, 6.07) is 0.806. The molecule has 0 saturated heterocycles. The van der Waals surface area contributed by atoms with Crippen LogP contribution in [-0.4, -0.2) is 17.9 Å². The van der Waals surface area contributed by atoms with Crippen molar-refractivity contribution in [2.24, 2.45) is 0 Å². The Kier molecular flexibility index (Phi) is 2.13. The van der Waals surface area contributed by atoms with Gasteiger partial charge in [-0.3, -0.25) is 14.7 Å². The normalized spacial score (nSPS) is 11.4. The maximum Gasteiger partial charge on any atom is 0.304 e. The summed E-state index contributed by atoms with van der Waals surface area (Å²) >= 11 is 0.605. The van der Waals surface area contributed by atoms with E-state index < -0.39 is 19.3 Å². The van der Waals surface area contributed by atoms with Crippen molar-refractivity contribution in [1.82, 2.24) is 0 Å². The Morgan fingerprint density at radius 1 is 1.58 bits per heavy atom. The summed E-state index contributed by atoms with van der Waals surface area (Å²) < 4.78 is 28.8. The van der Waals surface area contributed by atoms with Gasteiger partial charge in [0.15, 0.2) is 4.21 Å². The third kappa shape index (κ3) is 1.78. The van der Waals surface area contributed by atoms with Crippen molar-refractivity contribution < 1.29 is 17.9 Å². The lowest BCUT2D eigenvalue weighted by Crippen LogP contribution is -1.93. The zero-order valence-corrected chi connectivity index (χ0v) is 7.13. The van der Waals surface area contributed by atoms with E-state index in [-0.39, 0.29) is 5.69 Å². The minimum atomic E-state index is -4.30. The summed E-state index contributed by atoms with van der Waals surface area (Å²) in [7, 11) is -4.30. The van der Waals surface area contributed by atoms with Crippen LogP contribution in [0, 0.1) is 10.1 Å². The molecular weight excluding hydrogens is 206 g/mol. The molecular formula is C4H3NO5S2. The van der Waals surface area contributed by atoms with Crippen LogP contribution in [0.3, 0.4) is 0 Å². The second kappa shape index (κ2) is 2.81. The molecule has 8 heteroatoms. The van der Waals surface area contributed by atoms with E-state index in [1.165, 1.54) is 0 Å². The molecule has 0 fully saturated rings. The number of nitrogens with zero attached hydrogens (tertiary/aromatic N) is 1. The van der Waals surface area contributed by atoms with Gasteiger partial charge >= 0.3 is 10.1 Å². The lowest BCUT2D eigenvalue weighted by Gasteiger charge is -1.85. The fraction of sp³-hybridized carbons (Fsp3) is 0. The maximum absolute atomic E-state index is 10.4. The van der Waals surface area contributed by atoms with Crippen LogP contribution in [0.4, 0.5) is 5.69 Å². The van der Waals surface area contributed by atoms with Crippen LogP contribution in [-0.2, 0) is 10.1 Å². The van der Waals surface area contributed by atoms with E-state index in [0.717, 1.165) is 11.4 Å². The molecule has 1 rings (SSSR count). The average molecular weight is 209 g/mol. The minimum Gasteiger partial charge on any atom is -0.281 e. The van der Waals surface area contributed by atoms with E-state index in [1.807, 2.05) is 0 Å². The van der Waals surface area contributed by atoms with Gasteiger partial charge in [0.05, 0.1) is 10.3 Å². The lowest BCUT2D eigenvalue weighted by atomic mass is 10.6. The van der Waals surface area contributed by atoms with Crippen molar-refractivity contribution in [3.8, 4) is 0 Å². The number of hydrogen-bond donors (Lipinski definition) is 1. The molecule has 66 valence electrons. The highest BCUT2D eigenvalue weighted by Crippen LogP contribution is 2.24. The van der Waals surface area contributed by atoms with Crippen molar-refractivity contribution in [3.63, 3.8) is 0 Å². The van der Waals surface area contributed by atoms with E-state index in [2.05, 4.69) is 0 Å². The first kappa shape index (κ1) is 9.10. The smallest absolute Gasteiger partial charge is 0.281 e. The molecule has 0 amide bonds. The highest BCUT2D eigenvalue weighted by Gasteiger charge is 2.17. The molecule has 0 radical (unpaired) electrons. The summed E-state index contributed by atoms with van der Waals surface area (Å²) in [5, 5.41) is 11.1. The van der Waals surface area contributed by atoms with Gasteiger partial charge in [-0.15, -0.1) is 11.3 Å². The van der Waals surface area contributed by atoms with Crippen LogP contribution in [0.1, 0.15) is 0 Å². The van der Waals surface area contributed by atoms with Crippen molar-refractivity contribution >= 4 is 27.1 Å². The predicted molar refractivity (Wildman–Crippen MR) is 40.8 cm³/mol. The standard InChI is InChI=1S/C4H3NO5S2/c6-5(7)3-1-4(11-2-3)12(8,9)10/h1-2H,(H,8,9,10). The Labute approximate surface area is 71.4 Å². The number of hydrogen-bond acceptors (Lipinski definition) is 5. The molecule has 0 atom stereocenters. The Hall–Kier alpha value is -0.990. The van der Waals surface area contributed by atoms with E-state index in [0.29, 0.717) is 11.3 Å². The van der Waals surface area contributed by atoms with Crippen LogP contribution in [0.2, 0.25) is 0 Å². The average Bonchev–Trinajstić information content (AvgIpc) is 2.30. The maximum atomic E-state index is 10.4. The molecule has 1 aromatic heterocycles. The highest BCUT2D eigenvalue weighted by atomic mass is 32.3. The van der Waals surface area contributed by atoms with Gasteiger partial charge in [0.1, 0.15) is 0 Å². The van der Waals surface area contributed by atoms with Crippen molar-refractivity contribution in [1.29, 1.82) is 0 Å². The monoisotopic (exact) mass is 209 g/mol. The Bertz CT molecular complexity index is 405. The molecule has 1 N–H and O–H groups in total. The van der Waals surface area contributed by atoms with Gasteiger partial charge in [-0.2, -0.15) is 8.42 Å². The first-order chi connectivity index (χ1) is 5.41. The fourth-order valence-electron chi connectivity index (χ4n) is 0.538. The molecule has 0 aliphatic carbocycles. The Morgan fingerprint density at radius 2 is 2.17 bits per heavy atom. The van der Waals surface area contributed by atoms with Gasteiger partial charge in [-0.1, -0.05) is 0 Å². The molecule has 0 aromatic carbocycles. The number of thiophene rings is 1. The van der Waals surface area contributed by atoms with Gasteiger partial charge in [-0.25, -0.2) is 0 Å². The molecule has 0 unspecified atom stereocenters. The minimum absolute atomic E-state index is 0.340. The third-order valence-corrected chi connectivity index (χ3v) is 3.28. The van der Waals surface area contributed by atoms with E-state index in [4.69, 9.17) is 4.55 Å². The first-order valence-electron chi connectivity index (χ1n) is 2.61. The quantitative estimate of drug-likeness (QED) is 0.443. The summed E-state index contributed by atoms with van der Waals surface area (Å²) in [6.07, 6.45) is 0. The number of nitro groups is 1. The summed E-state index contributed by atoms with van der Waals surface area (Å²) in [4.78, 5) is 9.35. The van der Waals surface area contributed by atoms with Crippen molar-refractivity contribution in [3.05, 3.63) is 21.6 Å². The third-order valence-electron chi connectivity index (χ3n) is 1.03. The van der Waals surface area contributed by atoms with Gasteiger partial charge < -0.3 is 0 Å². The van der Waals surface area contributed by atoms with Crippen molar-refractivity contribution in [2.75, 3.05) is 0 Å². The fourth-order valence-corrected chi connectivity index (χ4v) is 2.02. The zero-order valence-electron chi connectivity index (χ0n) is 5.50. The van der Waals surface area contributed by atoms with Gasteiger partial charge in [-0.05, 0) is 0 Å². The molecule has 12 heavy (non-hydrogen) atoms. The highest BCUT2D eigenvalue weighted by molar-refractivity contribution is 7.88. The molecule has 0 bridgehead atoms. The molecule has 0 aliphatic heterocycles. The van der Waals surface area contributed by atoms with E-state index in [1.54, 1.807) is 0 Å². The molecule has 1 aromatic rings. The topological polar surface area (TPSA) is 97.5 Å². The van der Waals surface area contributed by atoms with E-state index in [9.17, 15) is 18.5 Å². The number of rotatable bonds is 2. The lowest BCUT2D eigenvalue weighted by molar-refractivity contribution is -0.384. The van der Waals surface area contributed by atoms with Crippen LogP contribution >= 0.6 is 11.3 Å². The molecule has 6 nitrogen and oxygen atoms in total. The molecule has 1 heterocycles. The molecule has 0 saturated carbocycles. The summed E-state index contributed by atoms with van der Waals surface area (Å²) in [5.74, 6) is 0. The Balaban J connectivity index is 3.17. The van der Waals surface area contributed by atoms with Crippen LogP contribution < -0.4 is 0 Å². The first-order valence-corrected chi connectivity index (χ1v) is 4.93.